The number of allylic oxidation sites excluding steroid dienone is 3. The molecular weight excluding hydrogens is 239 g/mol. The summed E-state index contributed by atoms with van der Waals surface area (Å²) in [7, 11) is 0. The molecule has 68 valence electrons. The Kier molecular flexibility index (Phi) is 7.31. The summed E-state index contributed by atoms with van der Waals surface area (Å²) >= 11 is 8.73. The van der Waals surface area contributed by atoms with E-state index in [-0.39, 0.29) is 0 Å². The van der Waals surface area contributed by atoms with E-state index in [2.05, 4.69) is 22.5 Å². The van der Waals surface area contributed by atoms with Gasteiger partial charge in [-0.1, -0.05) is 22.5 Å². The Morgan fingerprint density at radius 1 is 1.67 bits per heavy atom. The Morgan fingerprint density at radius 3 is 2.75 bits per heavy atom. The summed E-state index contributed by atoms with van der Waals surface area (Å²) in [5.74, 6) is 1.19. The van der Waals surface area contributed by atoms with E-state index in [1.165, 1.54) is 0 Å². The Morgan fingerprint density at radius 2 is 2.33 bits per heavy atom. The summed E-state index contributed by atoms with van der Waals surface area (Å²) in [6.07, 6.45) is 3.62. The van der Waals surface area contributed by atoms with Crippen molar-refractivity contribution in [3.05, 3.63) is 35.0 Å². The lowest BCUT2D eigenvalue weighted by Crippen LogP contribution is -1.89. The maximum atomic E-state index is 5.56. The fourth-order valence-electron chi connectivity index (χ4n) is 0.606. The first-order valence-corrected chi connectivity index (χ1v) is 5.04. The smallest absolute Gasteiger partial charge is 0.120 e. The molecule has 12 heavy (non-hydrogen) atoms. The maximum Gasteiger partial charge on any atom is 0.120 e. The third-order valence-corrected chi connectivity index (χ3v) is 1.66. The molecule has 0 radical (unpaired) electrons. The Bertz CT molecular complexity index is 197. The summed E-state index contributed by atoms with van der Waals surface area (Å²) in [4.78, 5) is 1.73. The van der Waals surface area contributed by atoms with Gasteiger partial charge < -0.3 is 4.74 Å². The fraction of sp³-hybridized carbons (Fsp3) is 0.333. The second-order valence-corrected chi connectivity index (χ2v) is 2.86. The molecule has 0 heterocycles. The van der Waals surface area contributed by atoms with Crippen molar-refractivity contribution >= 4 is 27.5 Å². The number of hydrogen-bond acceptors (Lipinski definition) is 1. The van der Waals surface area contributed by atoms with E-state index in [0.29, 0.717) is 12.5 Å². The average Bonchev–Trinajstić information content (AvgIpc) is 2.05. The van der Waals surface area contributed by atoms with E-state index in [1.807, 2.05) is 13.0 Å². The van der Waals surface area contributed by atoms with Crippen LogP contribution in [0.5, 0.6) is 0 Å². The highest BCUT2D eigenvalue weighted by atomic mass is 79.9. The molecule has 0 rings (SSSR count). The minimum absolute atomic E-state index is 0.423. The van der Waals surface area contributed by atoms with E-state index in [4.69, 9.17) is 16.3 Å². The average molecular weight is 252 g/mol. The number of alkyl halides is 1. The third kappa shape index (κ3) is 5.44. The lowest BCUT2D eigenvalue weighted by molar-refractivity contribution is 0.242. The van der Waals surface area contributed by atoms with E-state index in [9.17, 15) is 0 Å². The SMILES string of the molecule is C=C(/C=C(\C=C\Br)OCC)CCl. The second-order valence-electron chi connectivity index (χ2n) is 2.06. The van der Waals surface area contributed by atoms with Gasteiger partial charge >= 0.3 is 0 Å². The molecule has 0 aliphatic carbocycles. The van der Waals surface area contributed by atoms with Crippen molar-refractivity contribution in [3.63, 3.8) is 0 Å². The normalized spacial score (nSPS) is 12.1. The van der Waals surface area contributed by atoms with Gasteiger partial charge in [0, 0.05) is 5.88 Å². The van der Waals surface area contributed by atoms with E-state index >= 15 is 0 Å². The van der Waals surface area contributed by atoms with Gasteiger partial charge in [-0.3, -0.25) is 0 Å². The minimum Gasteiger partial charge on any atom is -0.494 e. The Hall–Kier alpha value is -0.210. The van der Waals surface area contributed by atoms with Crippen LogP contribution in [0.15, 0.2) is 35.0 Å². The van der Waals surface area contributed by atoms with Crippen LogP contribution in [0.2, 0.25) is 0 Å². The maximum absolute atomic E-state index is 5.56. The first-order valence-electron chi connectivity index (χ1n) is 3.59. The summed E-state index contributed by atoms with van der Waals surface area (Å²) in [5, 5.41) is 0. The predicted molar refractivity (Wildman–Crippen MR) is 57.6 cm³/mol. The van der Waals surface area contributed by atoms with Gasteiger partial charge in [-0.05, 0) is 29.6 Å². The molecular formula is C9H12BrClO. The van der Waals surface area contributed by atoms with E-state index in [1.54, 1.807) is 11.1 Å². The molecule has 0 N–H and O–H groups in total. The number of ether oxygens (including phenoxy) is 1. The molecule has 0 aromatic rings. The Balaban J connectivity index is 4.26. The van der Waals surface area contributed by atoms with Crippen LogP contribution < -0.4 is 0 Å². The molecule has 0 saturated carbocycles. The van der Waals surface area contributed by atoms with Gasteiger partial charge in [0.25, 0.3) is 0 Å². The summed E-state index contributed by atoms with van der Waals surface area (Å²) in [5.41, 5.74) is 0.839. The van der Waals surface area contributed by atoms with Gasteiger partial charge in [0.2, 0.25) is 0 Å². The van der Waals surface area contributed by atoms with Crippen LogP contribution in [0.4, 0.5) is 0 Å². The lowest BCUT2D eigenvalue weighted by Gasteiger charge is -2.03. The molecule has 0 saturated heterocycles. The first-order chi connectivity index (χ1) is 5.74. The van der Waals surface area contributed by atoms with Crippen molar-refractivity contribution in [1.29, 1.82) is 0 Å². The molecule has 0 atom stereocenters. The van der Waals surface area contributed by atoms with Crippen molar-refractivity contribution in [2.24, 2.45) is 0 Å². The number of halogens is 2. The predicted octanol–water partition coefficient (Wildman–Crippen LogP) is 3.61. The molecule has 3 heteroatoms. The highest BCUT2D eigenvalue weighted by Crippen LogP contribution is 2.06. The molecule has 0 aliphatic heterocycles. The molecule has 0 fully saturated rings. The molecule has 0 unspecified atom stereocenters. The summed E-state index contributed by atoms with van der Waals surface area (Å²) in [6, 6.07) is 0. The van der Waals surface area contributed by atoms with Crippen LogP contribution >= 0.6 is 27.5 Å². The van der Waals surface area contributed by atoms with Crippen LogP contribution in [0.25, 0.3) is 0 Å². The van der Waals surface area contributed by atoms with Crippen LogP contribution in [-0.2, 0) is 4.74 Å². The highest BCUT2D eigenvalue weighted by Gasteiger charge is 1.92. The molecule has 0 aromatic carbocycles. The molecule has 0 spiro atoms. The van der Waals surface area contributed by atoms with Gasteiger partial charge in [0.1, 0.15) is 5.76 Å². The summed E-state index contributed by atoms with van der Waals surface area (Å²) < 4.78 is 5.28. The minimum atomic E-state index is 0.423. The zero-order valence-corrected chi connectivity index (χ0v) is 9.36. The largest absolute Gasteiger partial charge is 0.494 e. The monoisotopic (exact) mass is 250 g/mol. The Labute approximate surface area is 86.9 Å². The third-order valence-electron chi connectivity index (χ3n) is 1.06. The van der Waals surface area contributed by atoms with Crippen molar-refractivity contribution in [3.8, 4) is 0 Å². The van der Waals surface area contributed by atoms with Crippen molar-refractivity contribution < 1.29 is 4.74 Å². The van der Waals surface area contributed by atoms with Crippen LogP contribution in [0.1, 0.15) is 6.92 Å². The van der Waals surface area contributed by atoms with Gasteiger partial charge in [0.05, 0.1) is 6.61 Å². The molecule has 0 bridgehead atoms. The first kappa shape index (κ1) is 11.8. The number of hydrogen-bond donors (Lipinski definition) is 0. The van der Waals surface area contributed by atoms with Gasteiger partial charge in [-0.15, -0.1) is 11.6 Å². The number of rotatable bonds is 5. The van der Waals surface area contributed by atoms with Crippen molar-refractivity contribution in [2.75, 3.05) is 12.5 Å². The quantitative estimate of drug-likeness (QED) is 0.412. The second kappa shape index (κ2) is 7.44. The topological polar surface area (TPSA) is 9.23 Å². The zero-order chi connectivity index (χ0) is 9.40. The zero-order valence-electron chi connectivity index (χ0n) is 7.02. The van der Waals surface area contributed by atoms with Gasteiger partial charge in [0.15, 0.2) is 0 Å². The summed E-state index contributed by atoms with van der Waals surface area (Å²) in [6.45, 7) is 6.31. The van der Waals surface area contributed by atoms with Crippen LogP contribution in [0.3, 0.4) is 0 Å². The standard InChI is InChI=1S/C9H12BrClO/c1-3-12-9(4-5-10)6-8(2)7-11/h4-6H,2-3,7H2,1H3/b5-4+,9-6+. The van der Waals surface area contributed by atoms with Crippen molar-refractivity contribution in [2.45, 2.75) is 6.92 Å². The molecule has 0 aliphatic rings. The fourth-order valence-corrected chi connectivity index (χ4v) is 0.944. The lowest BCUT2D eigenvalue weighted by atomic mass is 10.3. The van der Waals surface area contributed by atoms with Gasteiger partial charge in [-0.2, -0.15) is 0 Å². The molecule has 1 nitrogen and oxygen atoms in total. The van der Waals surface area contributed by atoms with E-state index < -0.39 is 0 Å². The van der Waals surface area contributed by atoms with Gasteiger partial charge in [-0.25, -0.2) is 0 Å². The van der Waals surface area contributed by atoms with E-state index in [0.717, 1.165) is 11.3 Å². The molecule has 0 amide bonds. The molecule has 0 aromatic heterocycles. The van der Waals surface area contributed by atoms with Crippen LogP contribution in [0, 0.1) is 0 Å². The van der Waals surface area contributed by atoms with Crippen LogP contribution in [-0.4, -0.2) is 12.5 Å². The highest BCUT2D eigenvalue weighted by molar-refractivity contribution is 9.11. The van der Waals surface area contributed by atoms with Crippen molar-refractivity contribution in [1.82, 2.24) is 0 Å².